The first-order chi connectivity index (χ1) is 25.2. The van der Waals surface area contributed by atoms with Gasteiger partial charge in [-0.05, 0) is 96.2 Å². The number of aliphatic hydroxyl groups excluding tert-OH is 2. The monoisotopic (exact) mass is 707 g/mol. The van der Waals surface area contributed by atoms with Gasteiger partial charge in [-0.1, -0.05) is 64.8 Å². The van der Waals surface area contributed by atoms with Crippen LogP contribution in [-0.2, 0) is 25.7 Å². The Balaban J connectivity index is 1.35. The number of H-pyrrole nitrogens is 2. The summed E-state index contributed by atoms with van der Waals surface area (Å²) in [5, 5.41) is 25.5. The molecule has 3 aromatic carbocycles. The highest BCUT2D eigenvalue weighted by Crippen LogP contribution is 2.36. The highest BCUT2D eigenvalue weighted by molar-refractivity contribution is 5.88. The molecule has 0 saturated heterocycles. The van der Waals surface area contributed by atoms with Gasteiger partial charge in [0.25, 0.3) is 0 Å². The molecule has 1 aliphatic carbocycles. The Kier molecular flexibility index (Phi) is 12.1. The van der Waals surface area contributed by atoms with Gasteiger partial charge < -0.3 is 29.7 Å². The van der Waals surface area contributed by atoms with Gasteiger partial charge in [-0.3, -0.25) is 14.5 Å². The van der Waals surface area contributed by atoms with E-state index in [0.717, 1.165) is 62.1 Å². The molecule has 4 N–H and O–H groups in total. The zero-order chi connectivity index (χ0) is 36.8. The molecule has 0 saturated carbocycles. The number of hydrogen-bond acceptors (Lipinski definition) is 7. The number of nitrogens with one attached hydrogen (secondary N) is 2. The molecular formula is C43H53N3O6. The first-order valence-corrected chi connectivity index (χ1v) is 19.1. The number of rotatable bonds is 17. The molecule has 5 aromatic rings. The van der Waals surface area contributed by atoms with Gasteiger partial charge in [0, 0.05) is 42.0 Å². The van der Waals surface area contributed by atoms with E-state index in [1.54, 1.807) is 12.1 Å². The zero-order valence-corrected chi connectivity index (χ0v) is 31.0. The molecule has 6 rings (SSSR count). The SMILES string of the molecule is CCCCOc1ccc(C(O)CN(C[C@H](O)c2ccc(OCCCC)c3[nH]c(=O)ccc23)C2Cc3cc(CC)c(CC)cc3C2)c2ccc(=O)[nH]c12. The van der Waals surface area contributed by atoms with E-state index in [1.165, 1.54) is 34.4 Å². The van der Waals surface area contributed by atoms with Crippen molar-refractivity contribution in [3.63, 3.8) is 0 Å². The van der Waals surface area contributed by atoms with Crippen LogP contribution in [0.15, 0.2) is 70.3 Å². The van der Waals surface area contributed by atoms with Crippen LogP contribution in [0, 0.1) is 0 Å². The van der Waals surface area contributed by atoms with E-state index in [1.807, 2.05) is 24.3 Å². The topological polar surface area (TPSA) is 128 Å². The van der Waals surface area contributed by atoms with Crippen LogP contribution < -0.4 is 20.6 Å². The third-order valence-electron chi connectivity index (χ3n) is 10.5. The van der Waals surface area contributed by atoms with Crippen molar-refractivity contribution in [2.75, 3.05) is 26.3 Å². The van der Waals surface area contributed by atoms with Gasteiger partial charge in [0.15, 0.2) is 0 Å². The van der Waals surface area contributed by atoms with Crippen LogP contribution in [0.25, 0.3) is 21.8 Å². The van der Waals surface area contributed by atoms with Crippen LogP contribution >= 0.6 is 0 Å². The predicted octanol–water partition coefficient (Wildman–Crippen LogP) is 7.09. The van der Waals surface area contributed by atoms with Crippen LogP contribution in [0.4, 0.5) is 0 Å². The van der Waals surface area contributed by atoms with Crippen molar-refractivity contribution in [1.29, 1.82) is 0 Å². The van der Waals surface area contributed by atoms with E-state index in [0.29, 0.717) is 46.9 Å². The predicted molar refractivity (Wildman–Crippen MR) is 208 cm³/mol. The van der Waals surface area contributed by atoms with Crippen molar-refractivity contribution in [3.8, 4) is 11.5 Å². The van der Waals surface area contributed by atoms with E-state index >= 15 is 0 Å². The zero-order valence-electron chi connectivity index (χ0n) is 31.0. The van der Waals surface area contributed by atoms with Gasteiger partial charge in [0.1, 0.15) is 11.5 Å². The molecule has 0 radical (unpaired) electrons. The molecule has 1 aliphatic rings. The molecule has 2 aromatic heterocycles. The average Bonchev–Trinajstić information content (AvgIpc) is 3.57. The van der Waals surface area contributed by atoms with Crippen LogP contribution in [0.2, 0.25) is 0 Å². The fraction of sp³-hybridized carbons (Fsp3) is 0.442. The maximum atomic E-state index is 12.4. The molecule has 9 heteroatoms. The van der Waals surface area contributed by atoms with E-state index in [4.69, 9.17) is 9.47 Å². The summed E-state index contributed by atoms with van der Waals surface area (Å²) in [6.07, 6.45) is 5.48. The van der Waals surface area contributed by atoms with Crippen molar-refractivity contribution in [3.05, 3.63) is 115 Å². The van der Waals surface area contributed by atoms with Gasteiger partial charge in [0.2, 0.25) is 11.1 Å². The summed E-state index contributed by atoms with van der Waals surface area (Å²) >= 11 is 0. The minimum Gasteiger partial charge on any atom is -0.491 e. The largest absolute Gasteiger partial charge is 0.491 e. The van der Waals surface area contributed by atoms with Crippen molar-refractivity contribution in [2.45, 2.75) is 97.3 Å². The maximum absolute atomic E-state index is 12.4. The molecule has 52 heavy (non-hydrogen) atoms. The lowest BCUT2D eigenvalue weighted by molar-refractivity contribution is 0.0470. The Morgan fingerprint density at radius 3 is 1.52 bits per heavy atom. The Morgan fingerprint density at radius 1 is 0.673 bits per heavy atom. The number of nitrogens with zero attached hydrogens (tertiary/aromatic N) is 1. The molecule has 9 nitrogen and oxygen atoms in total. The third kappa shape index (κ3) is 8.12. The number of ether oxygens (including phenoxy) is 2. The number of aromatic nitrogens is 2. The summed E-state index contributed by atoms with van der Waals surface area (Å²) < 4.78 is 12.1. The number of aryl methyl sites for hydroxylation is 2. The Bertz CT molecular complexity index is 1970. The van der Waals surface area contributed by atoms with Crippen LogP contribution in [0.5, 0.6) is 11.5 Å². The van der Waals surface area contributed by atoms with Crippen LogP contribution in [0.1, 0.15) is 99.0 Å². The van der Waals surface area contributed by atoms with Gasteiger partial charge in [-0.15, -0.1) is 0 Å². The fourth-order valence-electron chi connectivity index (χ4n) is 7.65. The molecule has 276 valence electrons. The lowest BCUT2D eigenvalue weighted by atomic mass is 9.97. The van der Waals surface area contributed by atoms with Crippen molar-refractivity contribution in [2.24, 2.45) is 0 Å². The summed E-state index contributed by atoms with van der Waals surface area (Å²) in [4.78, 5) is 32.9. The molecule has 2 heterocycles. The number of aliphatic hydroxyl groups is 2. The summed E-state index contributed by atoms with van der Waals surface area (Å²) in [6.45, 7) is 10.2. The first kappa shape index (κ1) is 37.3. The molecular weight excluding hydrogens is 654 g/mol. The molecule has 0 aliphatic heterocycles. The number of unbranched alkanes of at least 4 members (excludes halogenated alkanes) is 2. The number of pyridine rings is 2. The summed E-state index contributed by atoms with van der Waals surface area (Å²) in [5.41, 5.74) is 7.42. The average molecular weight is 708 g/mol. The molecule has 0 fully saturated rings. The second-order valence-electron chi connectivity index (χ2n) is 14.1. The number of benzene rings is 3. The normalized spacial score (nSPS) is 14.3. The minimum absolute atomic E-state index is 0.0431. The smallest absolute Gasteiger partial charge is 0.248 e. The summed E-state index contributed by atoms with van der Waals surface area (Å²) in [5.74, 6) is 1.17. The Labute approximate surface area is 305 Å². The summed E-state index contributed by atoms with van der Waals surface area (Å²) in [6, 6.07) is 18.6. The second kappa shape index (κ2) is 16.9. The molecule has 0 bridgehead atoms. The van der Waals surface area contributed by atoms with Crippen molar-refractivity contribution >= 4 is 21.8 Å². The van der Waals surface area contributed by atoms with Crippen molar-refractivity contribution < 1.29 is 19.7 Å². The first-order valence-electron chi connectivity index (χ1n) is 19.1. The Morgan fingerprint density at radius 2 is 1.12 bits per heavy atom. The quantitative estimate of drug-likeness (QED) is 0.0761. The number of aromatic amines is 2. The van der Waals surface area contributed by atoms with E-state index in [-0.39, 0.29) is 30.2 Å². The van der Waals surface area contributed by atoms with Gasteiger partial charge in [-0.2, -0.15) is 0 Å². The highest BCUT2D eigenvalue weighted by atomic mass is 16.5. The highest BCUT2D eigenvalue weighted by Gasteiger charge is 2.32. The van der Waals surface area contributed by atoms with Crippen LogP contribution in [0.3, 0.4) is 0 Å². The lowest BCUT2D eigenvalue weighted by Crippen LogP contribution is -2.41. The Hall–Kier alpha value is -4.44. The van der Waals surface area contributed by atoms with Gasteiger partial charge in [0.05, 0.1) is 36.5 Å². The maximum Gasteiger partial charge on any atom is 0.248 e. The van der Waals surface area contributed by atoms with Gasteiger partial charge >= 0.3 is 0 Å². The molecule has 2 atom stereocenters. The molecule has 0 amide bonds. The number of fused-ring (bicyclic) bond motifs is 3. The lowest BCUT2D eigenvalue weighted by Gasteiger charge is -2.33. The van der Waals surface area contributed by atoms with E-state index in [2.05, 4.69) is 54.7 Å². The number of hydrogen-bond donors (Lipinski definition) is 4. The van der Waals surface area contributed by atoms with Gasteiger partial charge in [-0.25, -0.2) is 0 Å². The van der Waals surface area contributed by atoms with Crippen molar-refractivity contribution in [1.82, 2.24) is 14.9 Å². The molecule has 1 unspecified atom stereocenters. The second-order valence-corrected chi connectivity index (χ2v) is 14.1. The fourth-order valence-corrected chi connectivity index (χ4v) is 7.65. The molecule has 0 spiro atoms. The third-order valence-corrected chi connectivity index (χ3v) is 10.5. The van der Waals surface area contributed by atoms with E-state index in [9.17, 15) is 19.8 Å². The minimum atomic E-state index is -0.922. The van der Waals surface area contributed by atoms with Crippen LogP contribution in [-0.4, -0.2) is 57.4 Å². The standard InChI is InChI=1S/C43H53N3O6/c1-5-9-19-51-38-15-11-32(34-13-17-40(49)44-42(34)38)36(47)25-46(31-23-29-21-27(7-3)28(8-4)22-30(29)24-31)26-37(48)33-12-16-39(52-20-10-6-2)43-35(33)14-18-41(50)45-43/h11-18,21-22,31,36-37,47-48H,5-10,19-20,23-26H2,1-4H3,(H,44,49)(H,45,50)/t36-,37?/m0/s1. The summed E-state index contributed by atoms with van der Waals surface area (Å²) in [7, 11) is 0. The van der Waals surface area contributed by atoms with E-state index < -0.39 is 12.2 Å².